The van der Waals surface area contributed by atoms with Crippen LogP contribution in [0, 0.1) is 5.92 Å². The molecule has 3 rings (SSSR count). The highest BCUT2D eigenvalue weighted by molar-refractivity contribution is 5.87. The number of alkyl halides is 6. The van der Waals surface area contributed by atoms with Crippen molar-refractivity contribution in [2.24, 2.45) is 5.92 Å². The summed E-state index contributed by atoms with van der Waals surface area (Å²) in [5.74, 6) is -4.17. The molecule has 1 aliphatic rings. The summed E-state index contributed by atoms with van der Waals surface area (Å²) in [6.45, 7) is 1.81. The molecule has 11 nitrogen and oxygen atoms in total. The lowest BCUT2D eigenvalue weighted by molar-refractivity contribution is -0.203. The summed E-state index contributed by atoms with van der Waals surface area (Å²) in [6.07, 6.45) is -16.3. The van der Waals surface area contributed by atoms with Crippen molar-refractivity contribution < 1.29 is 45.4 Å². The second-order valence-corrected chi connectivity index (χ2v) is 8.22. The molecular formula is C19H21F6N5O6. The van der Waals surface area contributed by atoms with Crippen LogP contribution in [0.5, 0.6) is 0 Å². The maximum atomic E-state index is 13.3. The number of H-pyrrole nitrogens is 1. The number of fused-ring (bicyclic) bond motifs is 1. The molecule has 1 amide bonds. The van der Waals surface area contributed by atoms with E-state index in [0.29, 0.717) is 9.13 Å². The van der Waals surface area contributed by atoms with Crippen LogP contribution in [-0.2, 0) is 25.6 Å². The van der Waals surface area contributed by atoms with Gasteiger partial charge in [0.15, 0.2) is 17.4 Å². The summed E-state index contributed by atoms with van der Waals surface area (Å²) >= 11 is 0. The first kappa shape index (κ1) is 27.2. The van der Waals surface area contributed by atoms with Gasteiger partial charge in [-0.25, -0.2) is 9.36 Å². The fourth-order valence-electron chi connectivity index (χ4n) is 3.83. The van der Waals surface area contributed by atoms with Crippen molar-refractivity contribution >= 4 is 29.0 Å². The van der Waals surface area contributed by atoms with E-state index in [1.807, 2.05) is 0 Å². The summed E-state index contributed by atoms with van der Waals surface area (Å²) in [5, 5.41) is 2.15. The lowest BCUT2D eigenvalue weighted by Gasteiger charge is -2.22. The molecule has 4 atom stereocenters. The van der Waals surface area contributed by atoms with Gasteiger partial charge in [0.25, 0.3) is 5.56 Å². The number of rotatable bonds is 6. The third-order valence-electron chi connectivity index (χ3n) is 5.47. The minimum absolute atomic E-state index is 0.445. The number of hydrogen-bond donors (Lipinski definition) is 2. The fraction of sp³-hybridized carbons (Fsp3) is 0.632. The van der Waals surface area contributed by atoms with Crippen LogP contribution in [0.4, 0.5) is 32.3 Å². The van der Waals surface area contributed by atoms with Gasteiger partial charge >= 0.3 is 24.0 Å². The zero-order chi connectivity index (χ0) is 27.2. The second-order valence-electron chi connectivity index (χ2n) is 8.22. The molecule has 2 aromatic heterocycles. The van der Waals surface area contributed by atoms with Crippen molar-refractivity contribution in [3.8, 4) is 0 Å². The second kappa shape index (κ2) is 9.59. The van der Waals surface area contributed by atoms with E-state index in [1.54, 1.807) is 0 Å². The van der Waals surface area contributed by atoms with Gasteiger partial charge in [0.2, 0.25) is 11.9 Å². The Balaban J connectivity index is 2.23. The molecule has 0 unspecified atom stereocenters. The highest BCUT2D eigenvalue weighted by Crippen LogP contribution is 2.40. The van der Waals surface area contributed by atoms with Crippen LogP contribution in [-0.4, -0.2) is 55.5 Å². The summed E-state index contributed by atoms with van der Waals surface area (Å²) in [6, 6.07) is 0. The first-order chi connectivity index (χ1) is 16.5. The average Bonchev–Trinajstić information content (AvgIpc) is 3.21. The van der Waals surface area contributed by atoms with E-state index >= 15 is 0 Å². The molecule has 3 heterocycles. The lowest BCUT2D eigenvalue weighted by atomic mass is 10.0. The van der Waals surface area contributed by atoms with Gasteiger partial charge in [0.05, 0.1) is 18.4 Å². The highest BCUT2D eigenvalue weighted by atomic mass is 19.4. The average molecular weight is 529 g/mol. The van der Waals surface area contributed by atoms with Crippen LogP contribution in [0.3, 0.4) is 0 Å². The van der Waals surface area contributed by atoms with Gasteiger partial charge in [0, 0.05) is 26.8 Å². The number of nitrogens with zero attached hydrogens (tertiary/aromatic N) is 3. The van der Waals surface area contributed by atoms with E-state index in [-0.39, 0.29) is 0 Å². The molecule has 17 heteroatoms. The van der Waals surface area contributed by atoms with Crippen molar-refractivity contribution in [2.75, 3.05) is 5.32 Å². The maximum Gasteiger partial charge on any atom is 0.394 e. The van der Waals surface area contributed by atoms with E-state index < -0.39 is 96.3 Å². The Morgan fingerprint density at radius 1 is 1.22 bits per heavy atom. The van der Waals surface area contributed by atoms with Crippen LogP contribution in [0.2, 0.25) is 0 Å². The van der Waals surface area contributed by atoms with Gasteiger partial charge in [-0.15, -0.1) is 0 Å². The van der Waals surface area contributed by atoms with Crippen LogP contribution in [0.1, 0.15) is 39.8 Å². The molecule has 0 aromatic carbocycles. The number of hydrogen-bond acceptors (Lipinski definition) is 7. The first-order valence-corrected chi connectivity index (χ1v) is 10.5. The lowest BCUT2D eigenvalue weighted by Crippen LogP contribution is -2.34. The Bertz CT molecular complexity index is 1280. The van der Waals surface area contributed by atoms with E-state index in [0.717, 1.165) is 20.8 Å². The first-order valence-electron chi connectivity index (χ1n) is 10.5. The molecule has 0 spiro atoms. The van der Waals surface area contributed by atoms with Gasteiger partial charge in [0.1, 0.15) is 6.10 Å². The Morgan fingerprint density at radius 2 is 1.86 bits per heavy atom. The smallest absolute Gasteiger partial charge is 0.394 e. The summed E-state index contributed by atoms with van der Waals surface area (Å²) in [5.41, 5.74) is -3.60. The Kier molecular flexibility index (Phi) is 7.25. The predicted molar refractivity (Wildman–Crippen MR) is 109 cm³/mol. The van der Waals surface area contributed by atoms with E-state index in [9.17, 15) is 45.5 Å². The van der Waals surface area contributed by atoms with Crippen LogP contribution < -0.4 is 16.6 Å². The molecule has 0 aliphatic carbocycles. The highest BCUT2D eigenvalue weighted by Gasteiger charge is 2.50. The summed E-state index contributed by atoms with van der Waals surface area (Å²) < 4.78 is 90.2. The van der Waals surface area contributed by atoms with Crippen LogP contribution in [0.15, 0.2) is 9.59 Å². The molecule has 0 saturated carbocycles. The van der Waals surface area contributed by atoms with Crippen molar-refractivity contribution in [1.82, 2.24) is 19.1 Å². The Hall–Kier alpha value is -3.37. The number of amides is 1. The normalized spacial score (nSPS) is 21.5. The zero-order valence-corrected chi connectivity index (χ0v) is 19.0. The largest absolute Gasteiger partial charge is 0.458 e. The maximum absolute atomic E-state index is 13.3. The van der Waals surface area contributed by atoms with Gasteiger partial charge in [-0.2, -0.15) is 31.3 Å². The van der Waals surface area contributed by atoms with Crippen molar-refractivity contribution in [3.05, 3.63) is 20.8 Å². The molecule has 2 aromatic rings. The molecule has 0 bridgehead atoms. The number of aromatic nitrogens is 4. The van der Waals surface area contributed by atoms with E-state index in [4.69, 9.17) is 9.47 Å². The topological polar surface area (TPSA) is 137 Å². The quantitative estimate of drug-likeness (QED) is 0.433. The zero-order valence-electron chi connectivity index (χ0n) is 19.0. The van der Waals surface area contributed by atoms with Crippen molar-refractivity contribution in [3.63, 3.8) is 0 Å². The molecule has 200 valence electrons. The Labute approximate surface area is 197 Å². The SMILES string of the molecule is CC(=O)Nc1nc2c(c(=O)[nH]1)n(CCC(F)(F)F)c(=O)n2[C@@H]1O[C@H]([C@@H](C)C(F)(F)F)C[C@H]1OC(C)=O. The summed E-state index contributed by atoms with van der Waals surface area (Å²) in [7, 11) is 0. The van der Waals surface area contributed by atoms with Crippen LogP contribution in [0.25, 0.3) is 11.2 Å². The number of halogens is 6. The molecule has 2 N–H and O–H groups in total. The van der Waals surface area contributed by atoms with E-state index in [1.165, 1.54) is 0 Å². The number of anilines is 1. The number of carbonyl (C=O) groups excluding carboxylic acids is 2. The van der Waals surface area contributed by atoms with E-state index in [2.05, 4.69) is 15.3 Å². The minimum Gasteiger partial charge on any atom is -0.458 e. The number of imidazole rings is 1. The third kappa shape index (κ3) is 5.71. The third-order valence-corrected chi connectivity index (χ3v) is 5.47. The Morgan fingerprint density at radius 3 is 2.39 bits per heavy atom. The molecule has 1 fully saturated rings. The van der Waals surface area contributed by atoms with Gasteiger partial charge in [-0.3, -0.25) is 29.3 Å². The standard InChI is InChI=1S/C19H21F6N5O6/c1-7(19(23,24)25)10-6-11(35-9(3)32)15(36-10)30-13-12(14(33)28-16(27-13)26-8(2)31)29(17(30)34)5-4-18(20,21)22/h7,10-11,15H,4-6H2,1-3H3,(H2,26,27,28,31,33)/t7-,10+,11-,15-/m1/s1. The number of ether oxygens (including phenoxy) is 2. The van der Waals surface area contributed by atoms with Gasteiger partial charge < -0.3 is 9.47 Å². The number of carbonyl (C=O) groups is 2. The summed E-state index contributed by atoms with van der Waals surface area (Å²) in [4.78, 5) is 55.0. The number of aromatic amines is 1. The molecular weight excluding hydrogens is 508 g/mol. The van der Waals surface area contributed by atoms with Gasteiger partial charge in [-0.1, -0.05) is 6.92 Å². The molecule has 0 radical (unpaired) electrons. The predicted octanol–water partition coefficient (Wildman–Crippen LogP) is 2.21. The number of aryl methyl sites for hydroxylation is 1. The monoisotopic (exact) mass is 529 g/mol. The molecule has 36 heavy (non-hydrogen) atoms. The van der Waals surface area contributed by atoms with Gasteiger partial charge in [-0.05, 0) is 0 Å². The van der Waals surface area contributed by atoms with Crippen LogP contribution >= 0.6 is 0 Å². The molecule has 1 saturated heterocycles. The number of nitrogens with one attached hydrogen (secondary N) is 2. The minimum atomic E-state index is -4.72. The molecule has 1 aliphatic heterocycles. The number of esters is 1. The fourth-order valence-corrected chi connectivity index (χ4v) is 3.83. The van der Waals surface area contributed by atoms with Crippen molar-refractivity contribution in [1.29, 1.82) is 0 Å². The van der Waals surface area contributed by atoms with Crippen molar-refractivity contribution in [2.45, 2.75) is 70.9 Å².